The number of esters is 1. The van der Waals surface area contributed by atoms with E-state index in [0.29, 0.717) is 11.3 Å². The molecule has 94 valence electrons. The summed E-state index contributed by atoms with van der Waals surface area (Å²) in [5, 5.41) is 0. The Morgan fingerprint density at radius 3 is 2.78 bits per heavy atom. The summed E-state index contributed by atoms with van der Waals surface area (Å²) in [6.45, 7) is 1.48. The number of carbonyl (C=O) groups excluding carboxylic acids is 2. The zero-order chi connectivity index (χ0) is 13.3. The largest absolute Gasteiger partial charge is 0.464 e. The van der Waals surface area contributed by atoms with Gasteiger partial charge in [0.1, 0.15) is 11.6 Å². The third kappa shape index (κ3) is 2.28. The Balaban J connectivity index is 2.66. The summed E-state index contributed by atoms with van der Waals surface area (Å²) in [6, 6.07) is 3.56. The first kappa shape index (κ1) is 12.8. The molecule has 0 atom stereocenters. The number of nitrogens with zero attached hydrogens (tertiary/aromatic N) is 2. The van der Waals surface area contributed by atoms with E-state index in [2.05, 4.69) is 25.7 Å². The van der Waals surface area contributed by atoms with Crippen LogP contribution in [-0.2, 0) is 16.0 Å². The number of pyridine rings is 1. The lowest BCUT2D eigenvalue weighted by molar-refractivity contribution is -0.116. The van der Waals surface area contributed by atoms with Crippen LogP contribution in [0.4, 0.5) is 0 Å². The molecule has 0 spiro atoms. The molecule has 0 aliphatic rings. The lowest BCUT2D eigenvalue weighted by atomic mass is 10.3. The second kappa shape index (κ2) is 4.89. The monoisotopic (exact) mass is 310 g/mol. The SMILES string of the molecule is COC(=O)c1nc(CC(C)=O)n2cc(Br)ccc12. The highest BCUT2D eigenvalue weighted by Gasteiger charge is 2.18. The first-order valence-corrected chi connectivity index (χ1v) is 6.06. The Labute approximate surface area is 112 Å². The number of hydrogen-bond acceptors (Lipinski definition) is 4. The number of hydrogen-bond donors (Lipinski definition) is 0. The number of halogens is 1. The first-order chi connectivity index (χ1) is 8.52. The Hall–Kier alpha value is -1.69. The molecular weight excluding hydrogens is 300 g/mol. The Bertz CT molecular complexity index is 634. The van der Waals surface area contributed by atoms with Crippen molar-refractivity contribution in [2.45, 2.75) is 13.3 Å². The van der Waals surface area contributed by atoms with Crippen molar-refractivity contribution in [3.05, 3.63) is 34.3 Å². The minimum absolute atomic E-state index is 0.0155. The molecule has 5 nitrogen and oxygen atoms in total. The van der Waals surface area contributed by atoms with E-state index in [1.807, 2.05) is 0 Å². The summed E-state index contributed by atoms with van der Waals surface area (Å²) < 4.78 is 7.24. The highest BCUT2D eigenvalue weighted by Crippen LogP contribution is 2.19. The number of aromatic nitrogens is 2. The molecule has 0 aromatic carbocycles. The van der Waals surface area contributed by atoms with Crippen LogP contribution in [-0.4, -0.2) is 28.2 Å². The minimum Gasteiger partial charge on any atom is -0.464 e. The van der Waals surface area contributed by atoms with Crippen LogP contribution in [0.2, 0.25) is 0 Å². The number of ether oxygens (including phenoxy) is 1. The summed E-state index contributed by atoms with van der Waals surface area (Å²) >= 11 is 3.35. The number of imidazole rings is 1. The van der Waals surface area contributed by atoms with Crippen LogP contribution in [0.1, 0.15) is 23.2 Å². The van der Waals surface area contributed by atoms with Gasteiger partial charge in [0.2, 0.25) is 0 Å². The number of rotatable bonds is 3. The van der Waals surface area contributed by atoms with Gasteiger partial charge in [-0.05, 0) is 35.0 Å². The molecule has 0 bridgehead atoms. The molecule has 0 N–H and O–H groups in total. The third-order valence-electron chi connectivity index (χ3n) is 2.46. The highest BCUT2D eigenvalue weighted by atomic mass is 79.9. The standard InChI is InChI=1S/C12H11BrN2O3/c1-7(16)5-10-14-11(12(17)18-2)9-4-3-8(13)6-15(9)10/h3-4,6H,5H2,1-2H3. The zero-order valence-electron chi connectivity index (χ0n) is 9.94. The summed E-state index contributed by atoms with van der Waals surface area (Å²) in [5.41, 5.74) is 0.850. The van der Waals surface area contributed by atoms with Crippen molar-refractivity contribution in [2.24, 2.45) is 0 Å². The number of carbonyl (C=O) groups is 2. The van der Waals surface area contributed by atoms with Gasteiger partial charge in [-0.2, -0.15) is 0 Å². The van der Waals surface area contributed by atoms with E-state index in [1.54, 1.807) is 22.7 Å². The minimum atomic E-state index is -0.510. The fraction of sp³-hybridized carbons (Fsp3) is 0.250. The van der Waals surface area contributed by atoms with Gasteiger partial charge < -0.3 is 9.14 Å². The van der Waals surface area contributed by atoms with E-state index in [0.717, 1.165) is 4.47 Å². The maximum absolute atomic E-state index is 11.6. The van der Waals surface area contributed by atoms with Gasteiger partial charge in [-0.25, -0.2) is 9.78 Å². The molecule has 2 rings (SSSR count). The quantitative estimate of drug-likeness (QED) is 0.814. The van der Waals surface area contributed by atoms with E-state index in [4.69, 9.17) is 0 Å². The number of fused-ring (bicyclic) bond motifs is 1. The molecule has 18 heavy (non-hydrogen) atoms. The molecule has 6 heteroatoms. The van der Waals surface area contributed by atoms with E-state index < -0.39 is 5.97 Å². The zero-order valence-corrected chi connectivity index (χ0v) is 11.5. The van der Waals surface area contributed by atoms with Gasteiger partial charge in [-0.1, -0.05) is 0 Å². The summed E-state index contributed by atoms with van der Waals surface area (Å²) in [7, 11) is 1.30. The second-order valence-electron chi connectivity index (χ2n) is 3.85. The molecule has 0 fully saturated rings. The first-order valence-electron chi connectivity index (χ1n) is 5.27. The van der Waals surface area contributed by atoms with Gasteiger partial charge in [0.25, 0.3) is 0 Å². The fourth-order valence-corrected chi connectivity index (χ4v) is 2.05. The van der Waals surface area contributed by atoms with Crippen LogP contribution in [0.25, 0.3) is 5.52 Å². The van der Waals surface area contributed by atoms with Crippen molar-refractivity contribution in [1.29, 1.82) is 0 Å². The van der Waals surface area contributed by atoms with Gasteiger partial charge in [0.15, 0.2) is 5.69 Å². The van der Waals surface area contributed by atoms with Gasteiger partial charge in [-0.3, -0.25) is 4.79 Å². The summed E-state index contributed by atoms with van der Waals surface area (Å²) in [4.78, 5) is 27.0. The molecule has 0 aliphatic heterocycles. The number of ketones is 1. The normalized spacial score (nSPS) is 10.6. The highest BCUT2D eigenvalue weighted by molar-refractivity contribution is 9.10. The maximum atomic E-state index is 11.6. The predicted molar refractivity (Wildman–Crippen MR) is 68.6 cm³/mol. The van der Waals surface area contributed by atoms with Crippen molar-refractivity contribution in [1.82, 2.24) is 9.38 Å². The predicted octanol–water partition coefficient (Wildman–Crippen LogP) is 2.01. The third-order valence-corrected chi connectivity index (χ3v) is 2.93. The van der Waals surface area contributed by atoms with Gasteiger partial charge in [-0.15, -0.1) is 0 Å². The van der Waals surface area contributed by atoms with Gasteiger partial charge >= 0.3 is 5.97 Å². The molecule has 0 radical (unpaired) electrons. The fourth-order valence-electron chi connectivity index (χ4n) is 1.72. The average molecular weight is 311 g/mol. The number of Topliss-reactive ketones (excluding diaryl/α,β-unsaturated/α-hetero) is 1. The molecule has 0 saturated carbocycles. The second-order valence-corrected chi connectivity index (χ2v) is 4.77. The van der Waals surface area contributed by atoms with E-state index in [9.17, 15) is 9.59 Å². The smallest absolute Gasteiger partial charge is 0.358 e. The van der Waals surface area contributed by atoms with Crippen molar-refractivity contribution >= 4 is 33.2 Å². The van der Waals surface area contributed by atoms with Gasteiger partial charge in [0, 0.05) is 10.7 Å². The van der Waals surface area contributed by atoms with Crippen LogP contribution >= 0.6 is 15.9 Å². The van der Waals surface area contributed by atoms with Crippen LogP contribution in [0, 0.1) is 0 Å². The Morgan fingerprint density at radius 2 is 2.17 bits per heavy atom. The van der Waals surface area contributed by atoms with Crippen molar-refractivity contribution in [2.75, 3.05) is 7.11 Å². The molecular formula is C12H11BrN2O3. The van der Waals surface area contributed by atoms with Crippen LogP contribution in [0.3, 0.4) is 0 Å². The van der Waals surface area contributed by atoms with Crippen LogP contribution in [0.15, 0.2) is 22.8 Å². The molecule has 0 saturated heterocycles. The molecule has 0 unspecified atom stereocenters. The van der Waals surface area contributed by atoms with Crippen LogP contribution < -0.4 is 0 Å². The molecule has 2 heterocycles. The summed E-state index contributed by atoms with van der Waals surface area (Å²) in [5.74, 6) is 0.00196. The average Bonchev–Trinajstić information content (AvgIpc) is 2.66. The topological polar surface area (TPSA) is 60.7 Å². The van der Waals surface area contributed by atoms with Crippen molar-refractivity contribution in [3.63, 3.8) is 0 Å². The molecule has 2 aromatic rings. The van der Waals surface area contributed by atoms with E-state index in [1.165, 1.54) is 14.0 Å². The molecule has 0 aliphatic carbocycles. The Morgan fingerprint density at radius 1 is 1.44 bits per heavy atom. The molecule has 2 aromatic heterocycles. The lowest BCUT2D eigenvalue weighted by Gasteiger charge is -1.99. The van der Waals surface area contributed by atoms with E-state index in [-0.39, 0.29) is 17.9 Å². The summed E-state index contributed by atoms with van der Waals surface area (Å²) in [6.07, 6.45) is 1.95. The van der Waals surface area contributed by atoms with Gasteiger partial charge in [0.05, 0.1) is 19.0 Å². The van der Waals surface area contributed by atoms with Crippen molar-refractivity contribution in [3.8, 4) is 0 Å². The van der Waals surface area contributed by atoms with E-state index >= 15 is 0 Å². The number of methoxy groups -OCH3 is 1. The molecule has 0 amide bonds. The van der Waals surface area contributed by atoms with Crippen molar-refractivity contribution < 1.29 is 14.3 Å². The maximum Gasteiger partial charge on any atom is 0.358 e. The lowest BCUT2D eigenvalue weighted by Crippen LogP contribution is -2.03. The Kier molecular flexibility index (Phi) is 3.47. The van der Waals surface area contributed by atoms with Crippen LogP contribution in [0.5, 0.6) is 0 Å².